The van der Waals surface area contributed by atoms with E-state index in [4.69, 9.17) is 21.1 Å². The van der Waals surface area contributed by atoms with Crippen molar-refractivity contribution in [2.45, 2.75) is 13.1 Å². The Morgan fingerprint density at radius 2 is 1.70 bits per heavy atom. The van der Waals surface area contributed by atoms with Gasteiger partial charge in [0.15, 0.2) is 11.5 Å². The SMILES string of the molecule is Clc1cc(CNCc2ccc3c(c2)OCO3)ccc1Br. The van der Waals surface area contributed by atoms with E-state index in [9.17, 15) is 0 Å². The van der Waals surface area contributed by atoms with Gasteiger partial charge in [-0.2, -0.15) is 0 Å². The van der Waals surface area contributed by atoms with E-state index in [1.807, 2.05) is 36.4 Å². The number of ether oxygens (including phenoxy) is 2. The Bertz CT molecular complexity index is 633. The van der Waals surface area contributed by atoms with Gasteiger partial charge in [-0.25, -0.2) is 0 Å². The zero-order chi connectivity index (χ0) is 13.9. The summed E-state index contributed by atoms with van der Waals surface area (Å²) in [4.78, 5) is 0. The minimum atomic E-state index is 0.309. The smallest absolute Gasteiger partial charge is 0.231 e. The minimum Gasteiger partial charge on any atom is -0.454 e. The molecule has 0 atom stereocenters. The van der Waals surface area contributed by atoms with Gasteiger partial charge in [0, 0.05) is 17.6 Å². The van der Waals surface area contributed by atoms with Crippen molar-refractivity contribution in [3.8, 4) is 11.5 Å². The first kappa shape index (κ1) is 13.7. The Labute approximate surface area is 131 Å². The number of rotatable bonds is 4. The van der Waals surface area contributed by atoms with Crippen molar-refractivity contribution in [1.29, 1.82) is 0 Å². The Morgan fingerprint density at radius 3 is 2.50 bits per heavy atom. The molecule has 0 spiro atoms. The first-order valence-electron chi connectivity index (χ1n) is 6.25. The molecule has 1 aliphatic rings. The van der Waals surface area contributed by atoms with Gasteiger partial charge >= 0.3 is 0 Å². The number of benzene rings is 2. The molecule has 1 aliphatic heterocycles. The largest absolute Gasteiger partial charge is 0.454 e. The topological polar surface area (TPSA) is 30.5 Å². The molecule has 20 heavy (non-hydrogen) atoms. The van der Waals surface area contributed by atoms with Gasteiger partial charge in [-0.15, -0.1) is 0 Å². The van der Waals surface area contributed by atoms with Crippen molar-refractivity contribution >= 4 is 27.5 Å². The van der Waals surface area contributed by atoms with Gasteiger partial charge in [0.1, 0.15) is 0 Å². The quantitative estimate of drug-likeness (QED) is 0.896. The molecule has 2 aromatic rings. The van der Waals surface area contributed by atoms with E-state index in [-0.39, 0.29) is 0 Å². The molecular formula is C15H13BrClNO2. The molecule has 0 saturated carbocycles. The Balaban J connectivity index is 1.58. The van der Waals surface area contributed by atoms with Crippen LogP contribution in [0.15, 0.2) is 40.9 Å². The molecule has 0 radical (unpaired) electrons. The standard InChI is InChI=1S/C15H13BrClNO2/c16-12-3-1-10(5-13(12)17)7-18-8-11-2-4-14-15(6-11)20-9-19-14/h1-6,18H,7-9H2. The second-order valence-electron chi connectivity index (χ2n) is 4.54. The highest BCUT2D eigenvalue weighted by Gasteiger charge is 2.12. The van der Waals surface area contributed by atoms with E-state index in [0.717, 1.165) is 45.2 Å². The van der Waals surface area contributed by atoms with Crippen molar-refractivity contribution in [1.82, 2.24) is 5.32 Å². The fourth-order valence-corrected chi connectivity index (χ4v) is 2.50. The van der Waals surface area contributed by atoms with E-state index in [2.05, 4.69) is 21.2 Å². The van der Waals surface area contributed by atoms with Crippen molar-refractivity contribution < 1.29 is 9.47 Å². The zero-order valence-electron chi connectivity index (χ0n) is 10.7. The molecule has 2 aromatic carbocycles. The molecule has 0 bridgehead atoms. The maximum Gasteiger partial charge on any atom is 0.231 e. The predicted molar refractivity (Wildman–Crippen MR) is 82.3 cm³/mol. The van der Waals surface area contributed by atoms with Crippen LogP contribution < -0.4 is 14.8 Å². The van der Waals surface area contributed by atoms with Crippen LogP contribution in [0.4, 0.5) is 0 Å². The van der Waals surface area contributed by atoms with Crippen molar-refractivity contribution in [2.24, 2.45) is 0 Å². The Hall–Kier alpha value is -1.23. The van der Waals surface area contributed by atoms with Gasteiger partial charge in [0.2, 0.25) is 6.79 Å². The summed E-state index contributed by atoms with van der Waals surface area (Å²) in [6.45, 7) is 1.84. The molecule has 0 saturated heterocycles. The van der Waals surface area contributed by atoms with Crippen molar-refractivity contribution in [2.75, 3.05) is 6.79 Å². The summed E-state index contributed by atoms with van der Waals surface area (Å²) in [5.74, 6) is 1.63. The minimum absolute atomic E-state index is 0.309. The van der Waals surface area contributed by atoms with Crippen LogP contribution in [-0.2, 0) is 13.1 Å². The van der Waals surface area contributed by atoms with Crippen LogP contribution in [0.5, 0.6) is 11.5 Å². The van der Waals surface area contributed by atoms with Crippen LogP contribution in [0, 0.1) is 0 Å². The molecular weight excluding hydrogens is 342 g/mol. The van der Waals surface area contributed by atoms with Crippen molar-refractivity contribution in [3.63, 3.8) is 0 Å². The molecule has 0 fully saturated rings. The lowest BCUT2D eigenvalue weighted by Gasteiger charge is -2.07. The van der Waals surface area contributed by atoms with Crippen LogP contribution in [0.2, 0.25) is 5.02 Å². The van der Waals surface area contributed by atoms with E-state index in [1.165, 1.54) is 0 Å². The first-order valence-corrected chi connectivity index (χ1v) is 7.42. The van der Waals surface area contributed by atoms with Crippen LogP contribution in [-0.4, -0.2) is 6.79 Å². The monoisotopic (exact) mass is 353 g/mol. The number of halogens is 2. The lowest BCUT2D eigenvalue weighted by Crippen LogP contribution is -2.12. The normalized spacial score (nSPS) is 12.7. The molecule has 5 heteroatoms. The van der Waals surface area contributed by atoms with E-state index >= 15 is 0 Å². The molecule has 3 nitrogen and oxygen atoms in total. The summed E-state index contributed by atoms with van der Waals surface area (Å²) in [5.41, 5.74) is 2.32. The van der Waals surface area contributed by atoms with E-state index in [1.54, 1.807) is 0 Å². The van der Waals surface area contributed by atoms with Crippen LogP contribution in [0.1, 0.15) is 11.1 Å². The maximum atomic E-state index is 6.07. The molecule has 0 aromatic heterocycles. The van der Waals surface area contributed by atoms with Crippen LogP contribution >= 0.6 is 27.5 Å². The first-order chi connectivity index (χ1) is 9.72. The summed E-state index contributed by atoms with van der Waals surface area (Å²) in [6, 6.07) is 11.9. The third kappa shape index (κ3) is 3.08. The highest BCUT2D eigenvalue weighted by atomic mass is 79.9. The summed E-state index contributed by atoms with van der Waals surface area (Å²) >= 11 is 9.45. The lowest BCUT2D eigenvalue weighted by atomic mass is 10.2. The molecule has 3 rings (SSSR count). The van der Waals surface area contributed by atoms with Gasteiger partial charge in [-0.1, -0.05) is 23.7 Å². The third-order valence-corrected chi connectivity index (χ3v) is 4.31. The number of nitrogens with one attached hydrogen (secondary N) is 1. The number of fused-ring (bicyclic) bond motifs is 1. The van der Waals surface area contributed by atoms with E-state index in [0.29, 0.717) is 6.79 Å². The number of hydrogen-bond donors (Lipinski definition) is 1. The molecule has 104 valence electrons. The van der Waals surface area contributed by atoms with E-state index < -0.39 is 0 Å². The van der Waals surface area contributed by atoms with Gasteiger partial charge in [-0.05, 0) is 51.3 Å². The summed E-state index contributed by atoms with van der Waals surface area (Å²) in [5, 5.41) is 4.11. The van der Waals surface area contributed by atoms with Gasteiger partial charge in [-0.3, -0.25) is 0 Å². The fraction of sp³-hybridized carbons (Fsp3) is 0.200. The average Bonchev–Trinajstić information content (AvgIpc) is 2.90. The molecule has 0 aliphatic carbocycles. The summed E-state index contributed by atoms with van der Waals surface area (Å²) in [6.07, 6.45) is 0. The van der Waals surface area contributed by atoms with Crippen LogP contribution in [0.3, 0.4) is 0 Å². The summed E-state index contributed by atoms with van der Waals surface area (Å²) in [7, 11) is 0. The maximum absolute atomic E-state index is 6.07. The van der Waals surface area contributed by atoms with Crippen LogP contribution in [0.25, 0.3) is 0 Å². The second-order valence-corrected chi connectivity index (χ2v) is 5.80. The second kappa shape index (κ2) is 6.04. The van der Waals surface area contributed by atoms with Crippen molar-refractivity contribution in [3.05, 3.63) is 57.0 Å². The molecule has 0 amide bonds. The summed E-state index contributed by atoms with van der Waals surface area (Å²) < 4.78 is 11.6. The zero-order valence-corrected chi connectivity index (χ0v) is 13.0. The third-order valence-electron chi connectivity index (χ3n) is 3.08. The van der Waals surface area contributed by atoms with Gasteiger partial charge in [0.25, 0.3) is 0 Å². The number of hydrogen-bond acceptors (Lipinski definition) is 3. The molecule has 1 N–H and O–H groups in total. The molecule has 1 heterocycles. The van der Waals surface area contributed by atoms with Gasteiger partial charge in [0.05, 0.1) is 5.02 Å². The predicted octanol–water partition coefficient (Wildman–Crippen LogP) is 4.12. The highest BCUT2D eigenvalue weighted by molar-refractivity contribution is 9.10. The highest BCUT2D eigenvalue weighted by Crippen LogP contribution is 2.32. The van der Waals surface area contributed by atoms with Gasteiger partial charge < -0.3 is 14.8 Å². The fourth-order valence-electron chi connectivity index (χ4n) is 2.05. The average molecular weight is 355 g/mol. The Morgan fingerprint density at radius 1 is 1.00 bits per heavy atom. The Kier molecular flexibility index (Phi) is 4.15. The lowest BCUT2D eigenvalue weighted by molar-refractivity contribution is 0.174. The molecule has 0 unspecified atom stereocenters.